The third kappa shape index (κ3) is 3.16. The van der Waals surface area contributed by atoms with Crippen molar-refractivity contribution in [1.82, 2.24) is 24.1 Å². The Morgan fingerprint density at radius 1 is 1.24 bits per heavy atom. The van der Waals surface area contributed by atoms with Crippen molar-refractivity contribution in [3.05, 3.63) is 53.7 Å². The number of aromatic nitrogens is 4. The quantitative estimate of drug-likeness (QED) is 0.738. The van der Waals surface area contributed by atoms with Crippen LogP contribution in [0.2, 0.25) is 0 Å². The van der Waals surface area contributed by atoms with E-state index >= 15 is 0 Å². The number of hydrogen-bond acceptors (Lipinski definition) is 3. The molecule has 1 amide bonds. The van der Waals surface area contributed by atoms with Crippen LogP contribution in [0, 0.1) is 13.8 Å². The molecule has 0 radical (unpaired) electrons. The Hall–Kier alpha value is -2.63. The molecule has 0 N–H and O–H groups in total. The first kappa shape index (κ1) is 15.9. The molecule has 3 aromatic rings. The summed E-state index contributed by atoms with van der Waals surface area (Å²) in [6, 6.07) is 4.19. The van der Waals surface area contributed by atoms with Gasteiger partial charge in [-0.05, 0) is 56.4 Å². The summed E-state index contributed by atoms with van der Waals surface area (Å²) in [5.41, 5.74) is 3.63. The van der Waals surface area contributed by atoms with Crippen LogP contribution in [0.25, 0.3) is 5.65 Å². The molecule has 1 fully saturated rings. The van der Waals surface area contributed by atoms with Gasteiger partial charge in [0, 0.05) is 25.1 Å². The lowest BCUT2D eigenvalue weighted by molar-refractivity contribution is 0.0578. The Bertz CT molecular complexity index is 910. The van der Waals surface area contributed by atoms with Crippen molar-refractivity contribution in [2.24, 2.45) is 0 Å². The maximum absolute atomic E-state index is 13.1. The first-order valence-corrected chi connectivity index (χ1v) is 8.85. The van der Waals surface area contributed by atoms with Crippen LogP contribution in [0.1, 0.15) is 40.9 Å². The highest BCUT2D eigenvalue weighted by Gasteiger charge is 2.29. The average molecular weight is 337 g/mol. The number of pyridine rings is 1. The fourth-order valence-corrected chi connectivity index (χ4v) is 3.57. The molecule has 4 rings (SSSR count). The number of rotatable bonds is 3. The van der Waals surface area contributed by atoms with Gasteiger partial charge in [-0.1, -0.05) is 0 Å². The van der Waals surface area contributed by atoms with Gasteiger partial charge in [-0.25, -0.2) is 4.98 Å². The second-order valence-electron chi connectivity index (χ2n) is 6.98. The summed E-state index contributed by atoms with van der Waals surface area (Å²) in [4.78, 5) is 19.6. The lowest BCUT2D eigenvalue weighted by atomic mass is 10.0. The highest BCUT2D eigenvalue weighted by molar-refractivity contribution is 5.93. The molecule has 1 aliphatic rings. The molecule has 0 bridgehead atoms. The van der Waals surface area contributed by atoms with E-state index in [-0.39, 0.29) is 11.9 Å². The minimum atomic E-state index is 0.0231. The predicted molar refractivity (Wildman–Crippen MR) is 95.6 cm³/mol. The third-order valence-electron chi connectivity index (χ3n) is 4.88. The maximum atomic E-state index is 13.1. The molecule has 25 heavy (non-hydrogen) atoms. The highest BCUT2D eigenvalue weighted by Crippen LogP contribution is 2.21. The first-order valence-electron chi connectivity index (χ1n) is 8.85. The van der Waals surface area contributed by atoms with Crippen molar-refractivity contribution in [1.29, 1.82) is 0 Å². The summed E-state index contributed by atoms with van der Waals surface area (Å²) in [6.45, 7) is 5.59. The number of hydrogen-bond donors (Lipinski definition) is 0. The minimum absolute atomic E-state index is 0.0231. The predicted octanol–water partition coefficient (Wildman–Crippen LogP) is 2.84. The van der Waals surface area contributed by atoms with Crippen molar-refractivity contribution >= 4 is 11.6 Å². The number of imidazole rings is 1. The van der Waals surface area contributed by atoms with E-state index in [9.17, 15) is 4.79 Å². The van der Waals surface area contributed by atoms with Crippen molar-refractivity contribution in [2.75, 3.05) is 6.54 Å². The molecule has 1 aliphatic heterocycles. The number of fused-ring (bicyclic) bond motifs is 1. The summed E-state index contributed by atoms with van der Waals surface area (Å²) in [7, 11) is 0. The van der Waals surface area contributed by atoms with Gasteiger partial charge in [0.25, 0.3) is 5.91 Å². The van der Waals surface area contributed by atoms with E-state index in [2.05, 4.69) is 10.1 Å². The van der Waals surface area contributed by atoms with E-state index in [1.54, 1.807) is 0 Å². The van der Waals surface area contributed by atoms with Crippen LogP contribution in [0.15, 0.2) is 36.9 Å². The van der Waals surface area contributed by atoms with Crippen LogP contribution < -0.4 is 0 Å². The first-order chi connectivity index (χ1) is 12.1. The van der Waals surface area contributed by atoms with Crippen LogP contribution in [0.3, 0.4) is 0 Å². The summed E-state index contributed by atoms with van der Waals surface area (Å²) in [5, 5.41) is 4.38. The molecule has 4 heterocycles. The topological polar surface area (TPSA) is 55.4 Å². The normalized spacial score (nSPS) is 18.0. The Morgan fingerprint density at radius 3 is 2.92 bits per heavy atom. The summed E-state index contributed by atoms with van der Waals surface area (Å²) in [6.07, 6.45) is 10.9. The van der Waals surface area contributed by atoms with Crippen molar-refractivity contribution in [2.45, 2.75) is 45.7 Å². The molecule has 0 saturated carbocycles. The van der Waals surface area contributed by atoms with Crippen LogP contribution in [-0.4, -0.2) is 42.6 Å². The molecule has 0 unspecified atom stereocenters. The van der Waals surface area contributed by atoms with Gasteiger partial charge in [-0.15, -0.1) is 0 Å². The van der Waals surface area contributed by atoms with Gasteiger partial charge in [-0.3, -0.25) is 9.48 Å². The largest absolute Gasteiger partial charge is 0.332 e. The fourth-order valence-electron chi connectivity index (χ4n) is 3.57. The van der Waals surface area contributed by atoms with Gasteiger partial charge >= 0.3 is 0 Å². The van der Waals surface area contributed by atoms with Crippen LogP contribution in [0.4, 0.5) is 0 Å². The van der Waals surface area contributed by atoms with Gasteiger partial charge in [0.15, 0.2) is 0 Å². The van der Waals surface area contributed by atoms with Crippen LogP contribution >= 0.6 is 0 Å². The van der Waals surface area contributed by atoms with E-state index in [0.29, 0.717) is 5.69 Å². The van der Waals surface area contributed by atoms with Gasteiger partial charge in [-0.2, -0.15) is 5.10 Å². The molecule has 130 valence electrons. The second-order valence-corrected chi connectivity index (χ2v) is 6.98. The number of carbonyl (C=O) groups excluding carboxylic acids is 1. The number of carbonyl (C=O) groups is 1. The number of amides is 1. The van der Waals surface area contributed by atoms with Gasteiger partial charge in [0.2, 0.25) is 0 Å². The van der Waals surface area contributed by atoms with Crippen molar-refractivity contribution in [3.8, 4) is 0 Å². The smallest absolute Gasteiger partial charge is 0.274 e. The number of aryl methyl sites for hydroxylation is 2. The van der Waals surface area contributed by atoms with E-state index in [4.69, 9.17) is 0 Å². The Balaban J connectivity index is 1.59. The summed E-state index contributed by atoms with van der Waals surface area (Å²) >= 11 is 0. The maximum Gasteiger partial charge on any atom is 0.274 e. The SMILES string of the molecule is Cc1ccn2cc(C(=O)N3CCCC[C@H]3Cn3cc(C)cn3)nc2c1. The van der Waals surface area contributed by atoms with E-state index < -0.39 is 0 Å². The molecule has 0 spiro atoms. The van der Waals surface area contributed by atoms with E-state index in [0.717, 1.165) is 49.1 Å². The Labute approximate surface area is 147 Å². The standard InChI is InChI=1S/C19H23N5O/c1-14-6-8-22-13-17(21-18(22)9-14)19(25)24-7-4-3-5-16(24)12-23-11-15(2)10-20-23/h6,8-11,13,16H,3-5,7,12H2,1-2H3/t16-/m0/s1. The number of likely N-dealkylation sites (tertiary alicyclic amines) is 1. The second kappa shape index (κ2) is 6.35. The Morgan fingerprint density at radius 2 is 2.12 bits per heavy atom. The van der Waals surface area contributed by atoms with Gasteiger partial charge in [0.05, 0.1) is 18.8 Å². The molecule has 6 nitrogen and oxygen atoms in total. The minimum Gasteiger partial charge on any atom is -0.332 e. The molecule has 0 aromatic carbocycles. The lowest BCUT2D eigenvalue weighted by Gasteiger charge is -2.35. The zero-order chi connectivity index (χ0) is 17.4. The molecule has 0 aliphatic carbocycles. The van der Waals surface area contributed by atoms with Crippen LogP contribution in [-0.2, 0) is 6.54 Å². The van der Waals surface area contributed by atoms with E-state index in [1.165, 1.54) is 0 Å². The molecule has 1 saturated heterocycles. The van der Waals surface area contributed by atoms with Crippen molar-refractivity contribution in [3.63, 3.8) is 0 Å². The Kier molecular flexibility index (Phi) is 4.03. The lowest BCUT2D eigenvalue weighted by Crippen LogP contribution is -2.46. The summed E-state index contributed by atoms with van der Waals surface area (Å²) < 4.78 is 3.86. The third-order valence-corrected chi connectivity index (χ3v) is 4.88. The van der Waals surface area contributed by atoms with E-state index in [1.807, 2.05) is 64.7 Å². The van der Waals surface area contributed by atoms with Gasteiger partial charge in [0.1, 0.15) is 11.3 Å². The molecule has 6 heteroatoms. The summed E-state index contributed by atoms with van der Waals surface area (Å²) in [5.74, 6) is 0.0231. The van der Waals surface area contributed by atoms with Gasteiger partial charge < -0.3 is 9.30 Å². The monoisotopic (exact) mass is 337 g/mol. The highest BCUT2D eigenvalue weighted by atomic mass is 16.2. The van der Waals surface area contributed by atoms with Crippen molar-refractivity contribution < 1.29 is 4.79 Å². The zero-order valence-electron chi connectivity index (χ0n) is 14.7. The molecular weight excluding hydrogens is 314 g/mol. The average Bonchev–Trinajstić information content (AvgIpc) is 3.20. The molecule has 1 atom stereocenters. The number of piperidine rings is 1. The molecule has 3 aromatic heterocycles. The fraction of sp³-hybridized carbons (Fsp3) is 0.421. The zero-order valence-corrected chi connectivity index (χ0v) is 14.7. The van der Waals surface area contributed by atoms with Crippen LogP contribution in [0.5, 0.6) is 0 Å². The number of nitrogens with zero attached hydrogens (tertiary/aromatic N) is 5. The molecular formula is C19H23N5O.